The highest BCUT2D eigenvalue weighted by Gasteiger charge is 2.29. The smallest absolute Gasteiger partial charge is 0.237 e. The maximum atomic E-state index is 13.0. The lowest BCUT2D eigenvalue weighted by Crippen LogP contribution is -2.48. The first-order valence-electron chi connectivity index (χ1n) is 9.42. The molecule has 3 nitrogen and oxygen atoms in total. The van der Waals surface area contributed by atoms with Gasteiger partial charge in [-0.1, -0.05) is 86.3 Å². The largest absolute Gasteiger partial charge is 0.351 e. The van der Waals surface area contributed by atoms with Crippen LogP contribution < -0.4 is 5.32 Å². The van der Waals surface area contributed by atoms with Crippen LogP contribution in [0.3, 0.4) is 0 Å². The number of nitrogens with one attached hydrogen (secondary N) is 1. The molecule has 2 aromatic rings. The standard InChI is InChI=1S/C22H28Cl2N2O/c1-4-18(5-2)21(22(27)25-14-16-9-7-6-8-10-16)26(3)15-17-11-12-19(23)20(24)13-17/h6-13,18,21H,4-5,14-15H2,1-3H3,(H,25,27). The fourth-order valence-electron chi connectivity index (χ4n) is 3.42. The summed E-state index contributed by atoms with van der Waals surface area (Å²) >= 11 is 12.2. The van der Waals surface area contributed by atoms with Crippen LogP contribution in [0.15, 0.2) is 48.5 Å². The summed E-state index contributed by atoms with van der Waals surface area (Å²) in [5, 5.41) is 4.19. The van der Waals surface area contributed by atoms with Gasteiger partial charge in [0, 0.05) is 13.1 Å². The van der Waals surface area contributed by atoms with Gasteiger partial charge in [0.25, 0.3) is 0 Å². The molecule has 0 saturated heterocycles. The highest BCUT2D eigenvalue weighted by molar-refractivity contribution is 6.42. The molecule has 5 heteroatoms. The molecule has 1 atom stereocenters. The molecule has 0 bridgehead atoms. The molecule has 146 valence electrons. The van der Waals surface area contributed by atoms with Crippen molar-refractivity contribution in [2.45, 2.75) is 45.8 Å². The Morgan fingerprint density at radius 2 is 1.67 bits per heavy atom. The number of hydrogen-bond donors (Lipinski definition) is 1. The molecular weight excluding hydrogens is 379 g/mol. The van der Waals surface area contributed by atoms with E-state index >= 15 is 0 Å². The Morgan fingerprint density at radius 3 is 2.26 bits per heavy atom. The van der Waals surface area contributed by atoms with Crippen LogP contribution in [0.25, 0.3) is 0 Å². The van der Waals surface area contributed by atoms with Gasteiger partial charge in [0.1, 0.15) is 0 Å². The highest BCUT2D eigenvalue weighted by Crippen LogP contribution is 2.25. The van der Waals surface area contributed by atoms with E-state index in [1.165, 1.54) is 0 Å². The zero-order valence-corrected chi connectivity index (χ0v) is 17.7. The van der Waals surface area contributed by atoms with Crippen molar-refractivity contribution >= 4 is 29.1 Å². The molecule has 0 aliphatic heterocycles. The Balaban J connectivity index is 2.11. The minimum Gasteiger partial charge on any atom is -0.351 e. The Labute approximate surface area is 172 Å². The first-order chi connectivity index (χ1) is 13.0. The molecule has 0 heterocycles. The van der Waals surface area contributed by atoms with Gasteiger partial charge >= 0.3 is 0 Å². The second-order valence-corrected chi connectivity index (χ2v) is 7.70. The molecule has 2 rings (SSSR count). The molecule has 0 aromatic heterocycles. The first kappa shape index (κ1) is 21.7. The van der Waals surface area contributed by atoms with E-state index in [1.54, 1.807) is 6.07 Å². The van der Waals surface area contributed by atoms with Crippen molar-refractivity contribution < 1.29 is 4.79 Å². The van der Waals surface area contributed by atoms with Crippen molar-refractivity contribution in [2.75, 3.05) is 7.05 Å². The van der Waals surface area contributed by atoms with Gasteiger partial charge < -0.3 is 5.32 Å². The second kappa shape index (κ2) is 10.7. The average molecular weight is 407 g/mol. The molecule has 0 aliphatic carbocycles. The van der Waals surface area contributed by atoms with Crippen molar-refractivity contribution in [1.29, 1.82) is 0 Å². The lowest BCUT2D eigenvalue weighted by atomic mass is 9.92. The lowest BCUT2D eigenvalue weighted by molar-refractivity contribution is -0.128. The van der Waals surface area contributed by atoms with Gasteiger partial charge in [-0.05, 0) is 36.2 Å². The number of benzene rings is 2. The van der Waals surface area contributed by atoms with Crippen LogP contribution in [-0.4, -0.2) is 23.9 Å². The number of halogens is 2. The molecule has 0 radical (unpaired) electrons. The fourth-order valence-corrected chi connectivity index (χ4v) is 3.74. The van der Waals surface area contributed by atoms with E-state index in [2.05, 4.69) is 24.1 Å². The maximum Gasteiger partial charge on any atom is 0.237 e. The molecule has 1 unspecified atom stereocenters. The van der Waals surface area contributed by atoms with Crippen LogP contribution in [0.2, 0.25) is 10.0 Å². The number of likely N-dealkylation sites (N-methyl/N-ethyl adjacent to an activating group) is 1. The summed E-state index contributed by atoms with van der Waals surface area (Å²) in [6.07, 6.45) is 1.90. The van der Waals surface area contributed by atoms with Crippen molar-refractivity contribution in [3.8, 4) is 0 Å². The average Bonchev–Trinajstić information content (AvgIpc) is 2.67. The van der Waals surface area contributed by atoms with Crippen molar-refractivity contribution in [3.63, 3.8) is 0 Å². The van der Waals surface area contributed by atoms with Crippen LogP contribution in [0.1, 0.15) is 37.8 Å². The van der Waals surface area contributed by atoms with Crippen LogP contribution in [0, 0.1) is 5.92 Å². The molecule has 0 fully saturated rings. The van der Waals surface area contributed by atoms with E-state index < -0.39 is 0 Å². The minimum absolute atomic E-state index is 0.0649. The van der Waals surface area contributed by atoms with Gasteiger partial charge in [-0.2, -0.15) is 0 Å². The third-order valence-corrected chi connectivity index (χ3v) is 5.70. The molecule has 1 N–H and O–H groups in total. The number of rotatable bonds is 9. The van der Waals surface area contributed by atoms with Crippen molar-refractivity contribution in [1.82, 2.24) is 10.2 Å². The summed E-state index contributed by atoms with van der Waals surface area (Å²) in [5.74, 6) is 0.351. The lowest BCUT2D eigenvalue weighted by Gasteiger charge is -2.33. The van der Waals surface area contributed by atoms with Gasteiger partial charge in [-0.25, -0.2) is 0 Å². The molecule has 0 saturated carbocycles. The zero-order chi connectivity index (χ0) is 19.8. The Hall–Kier alpha value is -1.55. The highest BCUT2D eigenvalue weighted by atomic mass is 35.5. The van der Waals surface area contributed by atoms with E-state index in [4.69, 9.17) is 23.2 Å². The minimum atomic E-state index is -0.196. The van der Waals surface area contributed by atoms with Crippen LogP contribution >= 0.6 is 23.2 Å². The molecule has 0 spiro atoms. The van der Waals surface area contributed by atoms with Crippen LogP contribution in [0.4, 0.5) is 0 Å². The van der Waals surface area contributed by atoms with E-state index in [1.807, 2.05) is 49.5 Å². The number of amides is 1. The van der Waals surface area contributed by atoms with E-state index in [9.17, 15) is 4.79 Å². The van der Waals surface area contributed by atoms with Crippen molar-refractivity contribution in [3.05, 3.63) is 69.7 Å². The van der Waals surface area contributed by atoms with E-state index in [0.29, 0.717) is 23.1 Å². The van der Waals surface area contributed by atoms with Gasteiger partial charge in [-0.3, -0.25) is 9.69 Å². The van der Waals surface area contributed by atoms with Crippen LogP contribution in [0.5, 0.6) is 0 Å². The van der Waals surface area contributed by atoms with Gasteiger partial charge in [-0.15, -0.1) is 0 Å². The predicted molar refractivity (Wildman–Crippen MR) is 114 cm³/mol. The number of hydrogen-bond acceptors (Lipinski definition) is 2. The molecule has 2 aromatic carbocycles. The summed E-state index contributed by atoms with van der Waals surface area (Å²) in [6, 6.07) is 15.4. The third-order valence-electron chi connectivity index (χ3n) is 4.96. The molecule has 0 aliphatic rings. The predicted octanol–water partition coefficient (Wildman–Crippen LogP) is 5.55. The van der Waals surface area contributed by atoms with Gasteiger partial charge in [0.05, 0.1) is 16.1 Å². The summed E-state index contributed by atoms with van der Waals surface area (Å²) in [6.45, 7) is 5.45. The van der Waals surface area contributed by atoms with Crippen molar-refractivity contribution in [2.24, 2.45) is 5.92 Å². The first-order valence-corrected chi connectivity index (χ1v) is 10.2. The maximum absolute atomic E-state index is 13.0. The quantitative estimate of drug-likeness (QED) is 0.591. The van der Waals surface area contributed by atoms with E-state index in [-0.39, 0.29) is 17.9 Å². The molecule has 27 heavy (non-hydrogen) atoms. The van der Waals surface area contributed by atoms with E-state index in [0.717, 1.165) is 24.0 Å². The van der Waals surface area contributed by atoms with Gasteiger partial charge in [0.2, 0.25) is 5.91 Å². The zero-order valence-electron chi connectivity index (χ0n) is 16.2. The summed E-state index contributed by atoms with van der Waals surface area (Å²) in [4.78, 5) is 15.1. The monoisotopic (exact) mass is 406 g/mol. The topological polar surface area (TPSA) is 32.3 Å². The Bertz CT molecular complexity index is 732. The molecule has 1 amide bonds. The SMILES string of the molecule is CCC(CC)C(C(=O)NCc1ccccc1)N(C)Cc1ccc(Cl)c(Cl)c1. The fraction of sp³-hybridized carbons (Fsp3) is 0.409. The third kappa shape index (κ3) is 6.24. The number of carbonyl (C=O) groups excluding carboxylic acids is 1. The Kier molecular flexibility index (Phi) is 8.62. The summed E-state index contributed by atoms with van der Waals surface area (Å²) in [5.41, 5.74) is 2.14. The normalized spacial score (nSPS) is 12.4. The summed E-state index contributed by atoms with van der Waals surface area (Å²) < 4.78 is 0. The molecular formula is C22H28Cl2N2O. The van der Waals surface area contributed by atoms with Crippen LogP contribution in [-0.2, 0) is 17.9 Å². The summed E-state index contributed by atoms with van der Waals surface area (Å²) in [7, 11) is 1.99. The second-order valence-electron chi connectivity index (χ2n) is 6.89. The number of nitrogens with zero attached hydrogens (tertiary/aromatic N) is 1. The number of carbonyl (C=O) groups is 1. The van der Waals surface area contributed by atoms with Gasteiger partial charge in [0.15, 0.2) is 0 Å². The Morgan fingerprint density at radius 1 is 1.00 bits per heavy atom.